The maximum absolute atomic E-state index is 13.1. The van der Waals surface area contributed by atoms with Crippen LogP contribution >= 0.6 is 23.1 Å². The third-order valence-corrected chi connectivity index (χ3v) is 7.87. The zero-order chi connectivity index (χ0) is 21.4. The van der Waals surface area contributed by atoms with Crippen molar-refractivity contribution < 1.29 is 0 Å². The molecule has 158 valence electrons. The number of rotatable bonds is 6. The molecular weight excluding hydrogens is 414 g/mol. The van der Waals surface area contributed by atoms with Crippen LogP contribution in [0.3, 0.4) is 0 Å². The predicted octanol–water partition coefficient (Wildman–Crippen LogP) is 4.94. The molecule has 3 aromatic rings. The first-order valence-corrected chi connectivity index (χ1v) is 11.8. The topological polar surface area (TPSA) is 56.0 Å². The summed E-state index contributed by atoms with van der Waals surface area (Å²) in [5.41, 5.74) is 4.26. The van der Waals surface area contributed by atoms with E-state index in [4.69, 9.17) is 4.98 Å². The molecular formula is C22H27N5OS2. The van der Waals surface area contributed by atoms with Crippen LogP contribution in [0.1, 0.15) is 60.9 Å². The van der Waals surface area contributed by atoms with Gasteiger partial charge in [0, 0.05) is 21.9 Å². The summed E-state index contributed by atoms with van der Waals surface area (Å²) in [7, 11) is 0. The normalized spacial score (nSPS) is 16.9. The standard InChI is InChI=1S/C22H27N5OS2/c1-14(2)20-24-19(12-29-20)11-25-16(4)17(5)30-22(25)26-13-23-27(21(26)28)10-18-8-6-15(3)7-9-18/h6-9,12-14,22H,10-11H2,1-5H3. The Bertz CT molecular complexity index is 1120. The van der Waals surface area contributed by atoms with Gasteiger partial charge in [-0.3, -0.25) is 4.57 Å². The molecule has 3 heterocycles. The van der Waals surface area contributed by atoms with E-state index in [0.717, 1.165) is 16.3 Å². The third-order valence-electron chi connectivity index (χ3n) is 5.33. The molecule has 1 aliphatic heterocycles. The van der Waals surface area contributed by atoms with Crippen LogP contribution < -0.4 is 5.69 Å². The highest BCUT2D eigenvalue weighted by Crippen LogP contribution is 2.44. The number of allylic oxidation sites excluding steroid dienone is 2. The molecule has 0 bridgehead atoms. The van der Waals surface area contributed by atoms with Gasteiger partial charge in [0.25, 0.3) is 0 Å². The molecule has 0 amide bonds. The van der Waals surface area contributed by atoms with Crippen molar-refractivity contribution in [3.05, 3.63) is 78.9 Å². The van der Waals surface area contributed by atoms with Crippen LogP contribution in [0.25, 0.3) is 0 Å². The Morgan fingerprint density at radius 2 is 1.83 bits per heavy atom. The van der Waals surface area contributed by atoms with E-state index >= 15 is 0 Å². The summed E-state index contributed by atoms with van der Waals surface area (Å²) in [6.45, 7) is 11.7. The average molecular weight is 442 g/mol. The fraction of sp³-hybridized carbons (Fsp3) is 0.409. The molecule has 30 heavy (non-hydrogen) atoms. The van der Waals surface area contributed by atoms with Crippen molar-refractivity contribution in [1.29, 1.82) is 0 Å². The highest BCUT2D eigenvalue weighted by atomic mass is 32.2. The van der Waals surface area contributed by atoms with Gasteiger partial charge in [-0.05, 0) is 26.3 Å². The molecule has 0 aliphatic carbocycles. The molecule has 0 spiro atoms. The van der Waals surface area contributed by atoms with Crippen molar-refractivity contribution in [3.63, 3.8) is 0 Å². The molecule has 1 atom stereocenters. The maximum Gasteiger partial charge on any atom is 0.348 e. The molecule has 1 aliphatic rings. The molecule has 0 radical (unpaired) electrons. The minimum atomic E-state index is -0.145. The molecule has 0 saturated carbocycles. The first-order valence-electron chi connectivity index (χ1n) is 10.1. The molecule has 1 unspecified atom stereocenters. The van der Waals surface area contributed by atoms with Crippen LogP contribution in [-0.2, 0) is 13.1 Å². The first kappa shape index (κ1) is 20.9. The predicted molar refractivity (Wildman–Crippen MR) is 124 cm³/mol. The fourth-order valence-corrected chi connectivity index (χ4v) is 5.44. The van der Waals surface area contributed by atoms with Crippen molar-refractivity contribution in [2.24, 2.45) is 0 Å². The first-order chi connectivity index (χ1) is 14.3. The van der Waals surface area contributed by atoms with Gasteiger partial charge in [-0.25, -0.2) is 14.5 Å². The Hall–Kier alpha value is -2.32. The second-order valence-corrected chi connectivity index (χ2v) is 10.2. The average Bonchev–Trinajstić information content (AvgIpc) is 3.39. The monoisotopic (exact) mass is 441 g/mol. The molecule has 2 aromatic heterocycles. The van der Waals surface area contributed by atoms with Gasteiger partial charge >= 0.3 is 5.69 Å². The number of thiazole rings is 1. The van der Waals surface area contributed by atoms with Crippen molar-refractivity contribution in [2.45, 2.75) is 59.1 Å². The fourth-order valence-electron chi connectivity index (χ4n) is 3.39. The Kier molecular flexibility index (Phi) is 5.88. The Labute approximate surface area is 185 Å². The molecule has 0 N–H and O–H groups in total. The largest absolute Gasteiger partial charge is 0.348 e. The zero-order valence-electron chi connectivity index (χ0n) is 18.0. The van der Waals surface area contributed by atoms with E-state index in [1.54, 1.807) is 34.0 Å². The second-order valence-electron chi connectivity index (χ2n) is 8.01. The molecule has 1 aromatic carbocycles. The van der Waals surface area contributed by atoms with E-state index < -0.39 is 0 Å². The SMILES string of the molecule is CC1=C(C)N(Cc2csc(C(C)C)n2)C(n2cnn(Cc3ccc(C)cc3)c2=O)S1. The van der Waals surface area contributed by atoms with Gasteiger partial charge in [0.1, 0.15) is 6.33 Å². The van der Waals surface area contributed by atoms with Gasteiger partial charge in [0.15, 0.2) is 5.50 Å². The number of nitrogens with zero attached hydrogens (tertiary/aromatic N) is 5. The van der Waals surface area contributed by atoms with E-state index in [2.05, 4.69) is 62.1 Å². The van der Waals surface area contributed by atoms with Gasteiger partial charge in [0.2, 0.25) is 0 Å². The van der Waals surface area contributed by atoms with E-state index in [1.807, 2.05) is 12.1 Å². The van der Waals surface area contributed by atoms with Gasteiger partial charge in [-0.15, -0.1) is 11.3 Å². The lowest BCUT2D eigenvalue weighted by Gasteiger charge is -2.26. The molecule has 0 fully saturated rings. The Morgan fingerprint density at radius 1 is 1.10 bits per heavy atom. The minimum Gasteiger partial charge on any atom is -0.339 e. The third kappa shape index (κ3) is 4.11. The van der Waals surface area contributed by atoms with E-state index in [9.17, 15) is 4.79 Å². The summed E-state index contributed by atoms with van der Waals surface area (Å²) in [5, 5.41) is 7.67. The van der Waals surface area contributed by atoms with E-state index in [0.29, 0.717) is 19.0 Å². The Morgan fingerprint density at radius 3 is 2.50 bits per heavy atom. The van der Waals surface area contributed by atoms with E-state index in [1.165, 1.54) is 20.8 Å². The number of hydrogen-bond acceptors (Lipinski definition) is 6. The minimum absolute atomic E-state index is 0.0956. The number of aryl methyl sites for hydroxylation is 1. The van der Waals surface area contributed by atoms with Gasteiger partial charge in [-0.2, -0.15) is 5.10 Å². The second kappa shape index (κ2) is 8.43. The Balaban J connectivity index is 1.58. The van der Waals surface area contributed by atoms with Crippen molar-refractivity contribution >= 4 is 23.1 Å². The highest BCUT2D eigenvalue weighted by molar-refractivity contribution is 8.03. The maximum atomic E-state index is 13.1. The lowest BCUT2D eigenvalue weighted by Crippen LogP contribution is -2.33. The molecule has 0 saturated heterocycles. The van der Waals surface area contributed by atoms with Crippen molar-refractivity contribution in [3.8, 4) is 0 Å². The number of thioether (sulfide) groups is 1. The van der Waals surface area contributed by atoms with Crippen LogP contribution in [0.2, 0.25) is 0 Å². The smallest absolute Gasteiger partial charge is 0.339 e. The van der Waals surface area contributed by atoms with Gasteiger partial charge in [-0.1, -0.05) is 55.4 Å². The van der Waals surface area contributed by atoms with Crippen LogP contribution in [0.4, 0.5) is 0 Å². The zero-order valence-corrected chi connectivity index (χ0v) is 19.6. The number of hydrogen-bond donors (Lipinski definition) is 0. The summed E-state index contributed by atoms with van der Waals surface area (Å²) in [6, 6.07) is 8.20. The van der Waals surface area contributed by atoms with Crippen LogP contribution in [-0.4, -0.2) is 24.2 Å². The summed E-state index contributed by atoms with van der Waals surface area (Å²) in [6.07, 6.45) is 1.66. The highest BCUT2D eigenvalue weighted by Gasteiger charge is 2.32. The summed E-state index contributed by atoms with van der Waals surface area (Å²) < 4.78 is 3.26. The summed E-state index contributed by atoms with van der Waals surface area (Å²) >= 11 is 3.40. The molecule has 8 heteroatoms. The number of benzene rings is 1. The lowest BCUT2D eigenvalue weighted by molar-refractivity contribution is 0.260. The van der Waals surface area contributed by atoms with E-state index in [-0.39, 0.29) is 11.2 Å². The van der Waals surface area contributed by atoms with Crippen molar-refractivity contribution in [2.75, 3.05) is 0 Å². The van der Waals surface area contributed by atoms with Crippen LogP contribution in [0, 0.1) is 6.92 Å². The van der Waals surface area contributed by atoms with Crippen LogP contribution in [0.15, 0.2) is 51.4 Å². The van der Waals surface area contributed by atoms with Crippen LogP contribution in [0.5, 0.6) is 0 Å². The van der Waals surface area contributed by atoms with Crippen molar-refractivity contribution in [1.82, 2.24) is 24.2 Å². The molecule has 4 rings (SSSR count). The van der Waals surface area contributed by atoms with Gasteiger partial charge < -0.3 is 4.90 Å². The number of aromatic nitrogens is 4. The molecule has 6 nitrogen and oxygen atoms in total. The summed E-state index contributed by atoms with van der Waals surface area (Å²) in [4.78, 5) is 21.4. The lowest BCUT2D eigenvalue weighted by atomic mass is 10.1. The summed E-state index contributed by atoms with van der Waals surface area (Å²) in [5.74, 6) is 0.425. The van der Waals surface area contributed by atoms with Gasteiger partial charge in [0.05, 0.1) is 23.8 Å². The quantitative estimate of drug-likeness (QED) is 0.542.